The van der Waals surface area contributed by atoms with Crippen LogP contribution in [0.25, 0.3) is 22.6 Å². The summed E-state index contributed by atoms with van der Waals surface area (Å²) in [5, 5.41) is 13.8. The van der Waals surface area contributed by atoms with Crippen molar-refractivity contribution in [3.05, 3.63) is 49.2 Å². The number of piperidine rings is 1. The van der Waals surface area contributed by atoms with E-state index in [1.54, 1.807) is 36.4 Å². The number of anilines is 2. The highest BCUT2D eigenvalue weighted by Crippen LogP contribution is 2.33. The molecule has 3 N–H and O–H groups in total. The van der Waals surface area contributed by atoms with E-state index in [4.69, 9.17) is 5.73 Å². The van der Waals surface area contributed by atoms with Gasteiger partial charge in [0, 0.05) is 50.0 Å². The van der Waals surface area contributed by atoms with Crippen molar-refractivity contribution in [3.63, 3.8) is 0 Å². The minimum absolute atomic E-state index is 0.389. The van der Waals surface area contributed by atoms with Crippen molar-refractivity contribution in [2.75, 3.05) is 29.4 Å². The molecule has 1 aliphatic rings. The fraction of sp³-hybridized carbons (Fsp3) is 0.333. The maximum Gasteiger partial charge on any atom is 0.320 e. The Balaban J connectivity index is 1.48. The summed E-state index contributed by atoms with van der Waals surface area (Å²) in [7, 11) is 0. The molecule has 1 aliphatic heterocycles. The van der Waals surface area contributed by atoms with Crippen molar-refractivity contribution in [2.45, 2.75) is 26.7 Å². The van der Waals surface area contributed by atoms with Crippen LogP contribution in [0.15, 0.2) is 49.2 Å². The number of imidazole rings is 1. The molecule has 0 unspecified atom stereocenters. The number of rotatable bonds is 6. The minimum Gasteiger partial charge on any atom is -0.481 e. The number of primary amides is 1. The van der Waals surface area contributed by atoms with Crippen molar-refractivity contribution in [1.29, 1.82) is 0 Å². The van der Waals surface area contributed by atoms with Gasteiger partial charge in [-0.25, -0.2) is 24.4 Å². The number of nitrogens with two attached hydrogens (primary N) is 1. The van der Waals surface area contributed by atoms with Crippen LogP contribution in [-0.4, -0.2) is 65.9 Å². The lowest BCUT2D eigenvalue weighted by Crippen LogP contribution is -2.43. The summed E-state index contributed by atoms with van der Waals surface area (Å²) < 4.78 is 3.56. The Morgan fingerprint density at radius 1 is 1.17 bits per heavy atom. The van der Waals surface area contributed by atoms with E-state index >= 15 is 0 Å². The van der Waals surface area contributed by atoms with Crippen LogP contribution in [0.3, 0.4) is 0 Å². The number of urea groups is 1. The fourth-order valence-electron chi connectivity index (χ4n) is 4.41. The molecule has 0 aliphatic carbocycles. The van der Waals surface area contributed by atoms with Gasteiger partial charge < -0.3 is 15.7 Å². The van der Waals surface area contributed by atoms with E-state index in [0.717, 1.165) is 16.9 Å². The number of hydrogen-bond acceptors (Lipinski definition) is 7. The average Bonchev–Trinajstić information content (AvgIpc) is 3.54. The van der Waals surface area contributed by atoms with Gasteiger partial charge in [0.2, 0.25) is 5.95 Å². The maximum atomic E-state index is 11.9. The Labute approximate surface area is 207 Å². The van der Waals surface area contributed by atoms with Crippen molar-refractivity contribution >= 4 is 29.4 Å². The first-order chi connectivity index (χ1) is 17.3. The number of carbonyl (C=O) groups excluding carboxylic acids is 1. The molecule has 12 heteroatoms. The molecule has 1 fully saturated rings. The molecule has 4 aromatic rings. The van der Waals surface area contributed by atoms with E-state index in [0.29, 0.717) is 49.9 Å². The quantitative estimate of drug-likeness (QED) is 0.420. The largest absolute Gasteiger partial charge is 0.481 e. The van der Waals surface area contributed by atoms with Gasteiger partial charge in [-0.15, -0.1) is 0 Å². The summed E-state index contributed by atoms with van der Waals surface area (Å²) in [6, 6.07) is 5.09. The van der Waals surface area contributed by atoms with Crippen LogP contribution in [0.1, 0.15) is 26.7 Å². The lowest BCUT2D eigenvalue weighted by molar-refractivity contribution is -0.149. The normalized spacial score (nSPS) is 15.2. The summed E-state index contributed by atoms with van der Waals surface area (Å²) in [6.07, 6.45) is 9.84. The number of fused-ring (bicyclic) bond motifs is 1. The second-order valence-corrected chi connectivity index (χ2v) is 9.09. The maximum absolute atomic E-state index is 11.9. The number of amides is 2. The van der Waals surface area contributed by atoms with Crippen LogP contribution in [0.2, 0.25) is 0 Å². The first-order valence-electron chi connectivity index (χ1n) is 11.7. The van der Waals surface area contributed by atoms with Gasteiger partial charge in [0.05, 0.1) is 11.6 Å². The minimum atomic E-state index is -0.762. The number of carboxylic acids is 1. The van der Waals surface area contributed by atoms with Crippen LogP contribution in [-0.2, 0) is 4.79 Å². The smallest absolute Gasteiger partial charge is 0.320 e. The van der Waals surface area contributed by atoms with Gasteiger partial charge in [-0.05, 0) is 50.5 Å². The summed E-state index contributed by atoms with van der Waals surface area (Å²) in [6.45, 7) is 5.18. The van der Waals surface area contributed by atoms with Crippen molar-refractivity contribution in [1.82, 2.24) is 29.1 Å². The predicted molar refractivity (Wildman–Crippen MR) is 133 cm³/mol. The molecule has 2 amide bonds. The highest BCUT2D eigenvalue weighted by atomic mass is 16.4. The zero-order chi connectivity index (χ0) is 25.4. The van der Waals surface area contributed by atoms with Crippen LogP contribution < -0.4 is 15.5 Å². The third-order valence-corrected chi connectivity index (χ3v) is 6.77. The standard InChI is InChI=1S/C24H27N9O3/c1-3-31(22(25)36)19-15-32-18(29-19)11-16(12-20(32)33-8-4-7-28-33)17-13-26-23(27-14-17)30-9-5-24(2,6-10-30)21(34)35/h4,7-8,11-15H,3,5-6,9-10H2,1-2H3,(H2,25,36)(H,34,35). The number of aromatic nitrogens is 6. The van der Waals surface area contributed by atoms with Crippen LogP contribution >= 0.6 is 0 Å². The Hall–Kier alpha value is -4.48. The van der Waals surface area contributed by atoms with Gasteiger partial charge in [0.25, 0.3) is 0 Å². The molecule has 0 atom stereocenters. The monoisotopic (exact) mass is 489 g/mol. The predicted octanol–water partition coefficient (Wildman–Crippen LogP) is 2.57. The van der Waals surface area contributed by atoms with Gasteiger partial charge in [0.15, 0.2) is 5.82 Å². The summed E-state index contributed by atoms with van der Waals surface area (Å²) in [5.74, 6) is 0.977. The Morgan fingerprint density at radius 2 is 1.89 bits per heavy atom. The van der Waals surface area contributed by atoms with Crippen LogP contribution in [0.4, 0.5) is 16.6 Å². The number of hydrogen-bond donors (Lipinski definition) is 2. The molecule has 0 bridgehead atoms. The highest BCUT2D eigenvalue weighted by molar-refractivity contribution is 5.90. The molecule has 0 radical (unpaired) electrons. The molecule has 0 spiro atoms. The third kappa shape index (κ3) is 4.10. The highest BCUT2D eigenvalue weighted by Gasteiger charge is 2.37. The van der Waals surface area contributed by atoms with Crippen LogP contribution in [0, 0.1) is 5.41 Å². The first kappa shape index (κ1) is 23.3. The van der Waals surface area contributed by atoms with E-state index in [2.05, 4.69) is 20.1 Å². The van der Waals surface area contributed by atoms with E-state index in [1.807, 2.05) is 40.6 Å². The molecule has 4 aromatic heterocycles. The van der Waals surface area contributed by atoms with Gasteiger partial charge in [0.1, 0.15) is 11.5 Å². The molecule has 1 saturated heterocycles. The molecule has 0 aromatic carbocycles. The zero-order valence-electron chi connectivity index (χ0n) is 20.1. The lowest BCUT2D eigenvalue weighted by Gasteiger charge is -2.36. The summed E-state index contributed by atoms with van der Waals surface area (Å²) >= 11 is 0. The molecular formula is C24H27N9O3. The van der Waals surface area contributed by atoms with E-state index in [-0.39, 0.29) is 0 Å². The number of carbonyl (C=O) groups is 2. The Morgan fingerprint density at radius 3 is 2.47 bits per heavy atom. The van der Waals surface area contributed by atoms with Crippen molar-refractivity contribution in [3.8, 4) is 16.9 Å². The zero-order valence-corrected chi connectivity index (χ0v) is 20.1. The molecule has 12 nitrogen and oxygen atoms in total. The number of pyridine rings is 1. The summed E-state index contributed by atoms with van der Waals surface area (Å²) in [4.78, 5) is 40.6. The van der Waals surface area contributed by atoms with Gasteiger partial charge >= 0.3 is 12.0 Å². The average molecular weight is 490 g/mol. The fourth-order valence-corrected chi connectivity index (χ4v) is 4.41. The Bertz CT molecular complexity index is 1400. The number of aliphatic carboxylic acids is 1. The molecule has 186 valence electrons. The second-order valence-electron chi connectivity index (χ2n) is 9.09. The second kappa shape index (κ2) is 8.95. The molecule has 5 rings (SSSR count). The van der Waals surface area contributed by atoms with Gasteiger partial charge in [-0.3, -0.25) is 14.1 Å². The SMILES string of the molecule is CCN(C(N)=O)c1cn2c(-n3cccn3)cc(-c3cnc(N4CCC(C)(C(=O)O)CC4)nc3)cc2n1. The van der Waals surface area contributed by atoms with Gasteiger partial charge in [-0.2, -0.15) is 5.10 Å². The Kier molecular flexibility index (Phi) is 5.78. The molecule has 36 heavy (non-hydrogen) atoms. The molecule has 5 heterocycles. The lowest BCUT2D eigenvalue weighted by atomic mass is 9.80. The van der Waals surface area contributed by atoms with Crippen LogP contribution in [0.5, 0.6) is 0 Å². The van der Waals surface area contributed by atoms with Crippen molar-refractivity contribution < 1.29 is 14.7 Å². The first-order valence-corrected chi connectivity index (χ1v) is 11.7. The summed E-state index contributed by atoms with van der Waals surface area (Å²) in [5.41, 5.74) is 7.05. The number of carboxylic acid groups (broad SMARTS) is 1. The third-order valence-electron chi connectivity index (χ3n) is 6.77. The topological polar surface area (TPSA) is 148 Å². The van der Waals surface area contributed by atoms with Crippen molar-refractivity contribution in [2.24, 2.45) is 11.1 Å². The number of nitrogens with zero attached hydrogens (tertiary/aromatic N) is 8. The van der Waals surface area contributed by atoms with E-state index in [9.17, 15) is 14.7 Å². The molecular weight excluding hydrogens is 462 g/mol. The van der Waals surface area contributed by atoms with E-state index < -0.39 is 17.4 Å². The molecule has 0 saturated carbocycles. The van der Waals surface area contributed by atoms with Gasteiger partial charge in [-0.1, -0.05) is 0 Å². The van der Waals surface area contributed by atoms with E-state index in [1.165, 1.54) is 4.90 Å².